The van der Waals surface area contributed by atoms with E-state index in [0.717, 1.165) is 99.2 Å². The number of fused-ring (bicyclic) bond motifs is 9. The molecule has 0 bridgehead atoms. The molecular formula is C44H26N6O. The zero-order valence-corrected chi connectivity index (χ0v) is 27.1. The Morgan fingerprint density at radius 2 is 0.745 bits per heavy atom. The second-order valence-corrected chi connectivity index (χ2v) is 12.8. The van der Waals surface area contributed by atoms with Crippen molar-refractivity contribution in [3.05, 3.63) is 159 Å². The second-order valence-electron chi connectivity index (χ2n) is 12.8. The van der Waals surface area contributed by atoms with Crippen LogP contribution in [0.15, 0.2) is 163 Å². The minimum atomic E-state index is 0.867. The van der Waals surface area contributed by atoms with Gasteiger partial charge in [-0.05, 0) is 59.7 Å². The summed E-state index contributed by atoms with van der Waals surface area (Å²) in [5.41, 5.74) is 12.5. The first-order valence-electron chi connectivity index (χ1n) is 16.8. The first kappa shape index (κ1) is 27.8. The number of hydrogen-bond donors (Lipinski definition) is 0. The molecule has 7 nitrogen and oxygen atoms in total. The molecule has 0 fully saturated rings. The summed E-state index contributed by atoms with van der Waals surface area (Å²) >= 11 is 0. The van der Waals surface area contributed by atoms with Crippen LogP contribution < -0.4 is 0 Å². The first-order valence-corrected chi connectivity index (χ1v) is 16.8. The van der Waals surface area contributed by atoms with Crippen molar-refractivity contribution in [1.82, 2.24) is 29.1 Å². The summed E-state index contributed by atoms with van der Waals surface area (Å²) < 4.78 is 11.5. The SMILES string of the molecule is c1cc(-c2cccc3c2oc2c(-c4cccc(-n5c6ccncc6c6cnccc65)c4)cccc23)cc(-n2c3ccncc3c3cnccc32)c1. The molecule has 0 aliphatic rings. The summed E-state index contributed by atoms with van der Waals surface area (Å²) in [6.45, 7) is 0. The molecule has 0 aliphatic heterocycles. The summed E-state index contributed by atoms with van der Waals surface area (Å²) in [5, 5.41) is 6.48. The average molecular weight is 655 g/mol. The third kappa shape index (κ3) is 4.06. The minimum absolute atomic E-state index is 0.867. The van der Waals surface area contributed by atoms with Gasteiger partial charge in [-0.25, -0.2) is 0 Å². The summed E-state index contributed by atoms with van der Waals surface area (Å²) in [4.78, 5) is 17.6. The molecule has 4 aromatic carbocycles. The van der Waals surface area contributed by atoms with E-state index in [1.54, 1.807) is 0 Å². The molecule has 0 spiro atoms. The lowest BCUT2D eigenvalue weighted by molar-refractivity contribution is 0.671. The molecule has 11 aromatic rings. The quantitative estimate of drug-likeness (QED) is 0.189. The number of rotatable bonds is 4. The van der Waals surface area contributed by atoms with Crippen LogP contribution in [0.3, 0.4) is 0 Å². The van der Waals surface area contributed by atoms with E-state index in [1.807, 2.05) is 49.6 Å². The molecule has 0 aliphatic carbocycles. The van der Waals surface area contributed by atoms with Crippen LogP contribution >= 0.6 is 0 Å². The molecule has 0 radical (unpaired) electrons. The van der Waals surface area contributed by atoms with Gasteiger partial charge in [0.2, 0.25) is 0 Å². The Labute approximate surface area is 290 Å². The Kier molecular flexibility index (Phi) is 5.83. The molecule has 0 saturated carbocycles. The summed E-state index contributed by atoms with van der Waals surface area (Å²) in [6, 6.07) is 38.4. The van der Waals surface area contributed by atoms with Crippen LogP contribution in [-0.4, -0.2) is 29.1 Å². The highest BCUT2D eigenvalue weighted by atomic mass is 16.3. The normalized spacial score (nSPS) is 11.9. The van der Waals surface area contributed by atoms with Gasteiger partial charge in [0.05, 0.1) is 22.1 Å². The number of aromatic nitrogens is 6. The van der Waals surface area contributed by atoms with Crippen LogP contribution in [0.25, 0.3) is 99.2 Å². The largest absolute Gasteiger partial charge is 0.455 e. The zero-order valence-electron chi connectivity index (χ0n) is 27.1. The lowest BCUT2D eigenvalue weighted by Gasteiger charge is -2.10. The molecule has 0 atom stereocenters. The third-order valence-electron chi connectivity index (χ3n) is 10.1. The van der Waals surface area contributed by atoms with Crippen molar-refractivity contribution in [2.24, 2.45) is 0 Å². The maximum Gasteiger partial charge on any atom is 0.143 e. The van der Waals surface area contributed by atoms with Crippen molar-refractivity contribution >= 4 is 65.6 Å². The van der Waals surface area contributed by atoms with Crippen molar-refractivity contribution in [2.75, 3.05) is 0 Å². The number of nitrogens with zero attached hydrogens (tertiary/aromatic N) is 6. The number of furan rings is 1. The first-order chi connectivity index (χ1) is 25.3. The van der Waals surface area contributed by atoms with E-state index < -0.39 is 0 Å². The van der Waals surface area contributed by atoms with E-state index in [4.69, 9.17) is 4.42 Å². The van der Waals surface area contributed by atoms with Crippen LogP contribution in [0.4, 0.5) is 0 Å². The van der Waals surface area contributed by atoms with Gasteiger partial charge >= 0.3 is 0 Å². The molecule has 0 N–H and O–H groups in total. The number of benzene rings is 4. The maximum absolute atomic E-state index is 6.92. The predicted molar refractivity (Wildman–Crippen MR) is 204 cm³/mol. The van der Waals surface area contributed by atoms with Gasteiger partial charge in [-0.3, -0.25) is 19.9 Å². The maximum atomic E-state index is 6.92. The van der Waals surface area contributed by atoms with Gasteiger partial charge in [0.15, 0.2) is 0 Å². The highest BCUT2D eigenvalue weighted by molar-refractivity contribution is 6.14. The second kappa shape index (κ2) is 10.7. The van der Waals surface area contributed by atoms with Crippen molar-refractivity contribution in [1.29, 1.82) is 0 Å². The van der Waals surface area contributed by atoms with Crippen molar-refractivity contribution in [3.63, 3.8) is 0 Å². The van der Waals surface area contributed by atoms with Crippen LogP contribution in [-0.2, 0) is 0 Å². The molecule has 11 rings (SSSR count). The van der Waals surface area contributed by atoms with E-state index in [-0.39, 0.29) is 0 Å². The van der Waals surface area contributed by atoms with Gasteiger partial charge in [0.25, 0.3) is 0 Å². The molecule has 0 saturated heterocycles. The van der Waals surface area contributed by atoms with E-state index in [2.05, 4.69) is 138 Å². The van der Waals surface area contributed by atoms with Gasteiger partial charge in [-0.15, -0.1) is 0 Å². The fraction of sp³-hybridized carbons (Fsp3) is 0. The molecule has 7 heterocycles. The number of para-hydroxylation sites is 2. The highest BCUT2D eigenvalue weighted by Crippen LogP contribution is 2.41. The monoisotopic (exact) mass is 654 g/mol. The number of pyridine rings is 4. The Morgan fingerprint density at radius 1 is 0.373 bits per heavy atom. The average Bonchev–Trinajstić information content (AvgIpc) is 3.86. The Hall–Kier alpha value is -7.12. The summed E-state index contributed by atoms with van der Waals surface area (Å²) in [5.74, 6) is 0. The minimum Gasteiger partial charge on any atom is -0.455 e. The van der Waals surface area contributed by atoms with E-state index in [9.17, 15) is 0 Å². The Balaban J connectivity index is 1.08. The topological polar surface area (TPSA) is 74.6 Å². The van der Waals surface area contributed by atoms with E-state index in [1.165, 1.54) is 0 Å². The lowest BCUT2D eigenvalue weighted by atomic mass is 9.99. The molecule has 7 aromatic heterocycles. The van der Waals surface area contributed by atoms with Crippen molar-refractivity contribution in [3.8, 4) is 33.6 Å². The molecular weight excluding hydrogens is 629 g/mol. The van der Waals surface area contributed by atoms with Crippen LogP contribution in [0.1, 0.15) is 0 Å². The molecule has 0 amide bonds. The lowest BCUT2D eigenvalue weighted by Crippen LogP contribution is -1.94. The smallest absolute Gasteiger partial charge is 0.143 e. The molecule has 0 unspecified atom stereocenters. The van der Waals surface area contributed by atoms with Crippen molar-refractivity contribution < 1.29 is 4.42 Å². The van der Waals surface area contributed by atoms with Crippen LogP contribution in [0, 0.1) is 0 Å². The molecule has 7 heteroatoms. The Morgan fingerprint density at radius 3 is 1.14 bits per heavy atom. The van der Waals surface area contributed by atoms with Crippen LogP contribution in [0.5, 0.6) is 0 Å². The van der Waals surface area contributed by atoms with Gasteiger partial charge in [0.1, 0.15) is 11.2 Å². The standard InChI is InChI=1S/C44H26N6O/c1-5-27(21-29(7-1)49-39-13-17-45-23-35(39)36-24-46-18-14-40(36)49)31-9-3-11-33-34-12-4-10-32(44(34)51-43(31)33)28-6-2-8-30(22-28)50-41-15-19-47-25-37(41)38-26-48-20-16-42(38)50/h1-26H. The van der Waals surface area contributed by atoms with Gasteiger partial charge in [-0.2, -0.15) is 0 Å². The predicted octanol–water partition coefficient (Wildman–Crippen LogP) is 10.7. The fourth-order valence-corrected chi connectivity index (χ4v) is 7.87. The van der Waals surface area contributed by atoms with E-state index >= 15 is 0 Å². The molecule has 238 valence electrons. The van der Waals surface area contributed by atoms with Gasteiger partial charge in [0, 0.05) is 104 Å². The molecule has 51 heavy (non-hydrogen) atoms. The van der Waals surface area contributed by atoms with Gasteiger partial charge in [-0.1, -0.05) is 60.7 Å². The van der Waals surface area contributed by atoms with Crippen molar-refractivity contribution in [2.45, 2.75) is 0 Å². The van der Waals surface area contributed by atoms with Gasteiger partial charge < -0.3 is 13.6 Å². The fourth-order valence-electron chi connectivity index (χ4n) is 7.87. The highest BCUT2D eigenvalue weighted by Gasteiger charge is 2.19. The summed E-state index contributed by atoms with van der Waals surface area (Å²) in [7, 11) is 0. The number of hydrogen-bond acceptors (Lipinski definition) is 5. The van der Waals surface area contributed by atoms with E-state index in [0.29, 0.717) is 0 Å². The summed E-state index contributed by atoms with van der Waals surface area (Å²) in [6.07, 6.45) is 15.0. The third-order valence-corrected chi connectivity index (χ3v) is 10.1. The Bertz CT molecular complexity index is 2850. The zero-order chi connectivity index (χ0) is 33.5. The van der Waals surface area contributed by atoms with Crippen LogP contribution in [0.2, 0.25) is 0 Å².